The minimum Gasteiger partial charge on any atom is -0.479 e. The fourth-order valence-corrected chi connectivity index (χ4v) is 1.35. The summed E-state index contributed by atoms with van der Waals surface area (Å²) in [5, 5.41) is 8.81. The van der Waals surface area contributed by atoms with Crippen LogP contribution in [0.15, 0.2) is 12.7 Å². The van der Waals surface area contributed by atoms with E-state index in [1.165, 1.54) is 0 Å². The first-order valence-corrected chi connectivity index (χ1v) is 5.67. The molecule has 0 spiro atoms. The molecule has 0 aromatic carbocycles. The van der Waals surface area contributed by atoms with Crippen LogP contribution in [0.3, 0.4) is 0 Å². The minimum absolute atomic E-state index is 0.374. The molecule has 1 N–H and O–H groups in total. The number of hydrogen-bond acceptors (Lipinski definition) is 3. The van der Waals surface area contributed by atoms with Gasteiger partial charge in [-0.25, -0.2) is 9.59 Å². The summed E-state index contributed by atoms with van der Waals surface area (Å²) in [5.41, 5.74) is 0. The molecule has 0 heterocycles. The quantitative estimate of drug-likeness (QED) is 0.374. The number of aliphatic carboxylic acids is 1. The van der Waals surface area contributed by atoms with Gasteiger partial charge in [-0.15, -0.1) is 0 Å². The van der Waals surface area contributed by atoms with Gasteiger partial charge in [-0.2, -0.15) is 0 Å². The maximum absolute atomic E-state index is 10.9. The summed E-state index contributed by atoms with van der Waals surface area (Å²) in [5.74, 6) is -1.77. The Morgan fingerprint density at radius 3 is 2.44 bits per heavy atom. The predicted octanol–water partition coefficient (Wildman–Crippen LogP) is 2.53. The molecule has 0 saturated carbocycles. The van der Waals surface area contributed by atoms with Crippen molar-refractivity contribution in [2.24, 2.45) is 0 Å². The van der Waals surface area contributed by atoms with Crippen LogP contribution in [0.25, 0.3) is 0 Å². The van der Waals surface area contributed by atoms with Crippen LogP contribution in [0, 0.1) is 0 Å². The zero-order valence-corrected chi connectivity index (χ0v) is 9.78. The van der Waals surface area contributed by atoms with Crippen molar-refractivity contribution in [1.29, 1.82) is 0 Å². The molecule has 0 radical (unpaired) electrons. The summed E-state index contributed by atoms with van der Waals surface area (Å²) < 4.78 is 4.71. The van der Waals surface area contributed by atoms with E-state index in [9.17, 15) is 9.59 Å². The molecular formula is C12H20O4. The van der Waals surface area contributed by atoms with Crippen LogP contribution in [0.2, 0.25) is 0 Å². The van der Waals surface area contributed by atoms with Crippen molar-refractivity contribution in [3.63, 3.8) is 0 Å². The summed E-state index contributed by atoms with van der Waals surface area (Å²) in [6, 6.07) is 0. The first-order valence-electron chi connectivity index (χ1n) is 5.67. The average Bonchev–Trinajstić information content (AvgIpc) is 2.26. The lowest BCUT2D eigenvalue weighted by Crippen LogP contribution is -2.26. The number of unbranched alkanes of at least 4 members (excludes halogenated alkanes) is 4. The van der Waals surface area contributed by atoms with Crippen molar-refractivity contribution in [1.82, 2.24) is 0 Å². The van der Waals surface area contributed by atoms with E-state index < -0.39 is 18.0 Å². The van der Waals surface area contributed by atoms with Crippen molar-refractivity contribution in [3.05, 3.63) is 12.7 Å². The highest BCUT2D eigenvalue weighted by atomic mass is 16.6. The second-order valence-corrected chi connectivity index (χ2v) is 3.67. The van der Waals surface area contributed by atoms with E-state index in [-0.39, 0.29) is 0 Å². The highest BCUT2D eigenvalue weighted by Gasteiger charge is 2.20. The van der Waals surface area contributed by atoms with Gasteiger partial charge in [0.1, 0.15) is 0 Å². The normalized spacial score (nSPS) is 11.8. The SMILES string of the molecule is C=CC(=O)OC(CCCCCCC)C(=O)O. The van der Waals surface area contributed by atoms with Gasteiger partial charge in [-0.05, 0) is 12.8 Å². The summed E-state index contributed by atoms with van der Waals surface area (Å²) in [6.45, 7) is 5.34. The second kappa shape index (κ2) is 8.95. The first kappa shape index (κ1) is 14.7. The molecular weight excluding hydrogens is 208 g/mol. The topological polar surface area (TPSA) is 63.6 Å². The van der Waals surface area contributed by atoms with Gasteiger partial charge in [0.25, 0.3) is 0 Å². The smallest absolute Gasteiger partial charge is 0.345 e. The molecule has 0 aliphatic heterocycles. The van der Waals surface area contributed by atoms with Crippen molar-refractivity contribution in [2.75, 3.05) is 0 Å². The highest BCUT2D eigenvalue weighted by molar-refractivity contribution is 5.84. The molecule has 1 unspecified atom stereocenters. The van der Waals surface area contributed by atoms with Crippen LogP contribution in [-0.2, 0) is 14.3 Å². The Bertz CT molecular complexity index is 235. The van der Waals surface area contributed by atoms with Gasteiger partial charge in [-0.1, -0.05) is 39.2 Å². The monoisotopic (exact) mass is 228 g/mol. The molecule has 92 valence electrons. The Hall–Kier alpha value is -1.32. The van der Waals surface area contributed by atoms with Crippen molar-refractivity contribution in [3.8, 4) is 0 Å². The lowest BCUT2D eigenvalue weighted by atomic mass is 10.1. The molecule has 0 rings (SSSR count). The van der Waals surface area contributed by atoms with Crippen LogP contribution >= 0.6 is 0 Å². The Labute approximate surface area is 96.3 Å². The molecule has 0 aromatic heterocycles. The average molecular weight is 228 g/mol. The van der Waals surface area contributed by atoms with Gasteiger partial charge in [0, 0.05) is 6.08 Å². The molecule has 16 heavy (non-hydrogen) atoms. The van der Waals surface area contributed by atoms with Gasteiger partial charge in [0.05, 0.1) is 0 Å². The van der Waals surface area contributed by atoms with Gasteiger partial charge in [-0.3, -0.25) is 0 Å². The third kappa shape index (κ3) is 7.04. The molecule has 0 aliphatic carbocycles. The summed E-state index contributed by atoms with van der Waals surface area (Å²) in [7, 11) is 0. The summed E-state index contributed by atoms with van der Waals surface area (Å²) in [4.78, 5) is 21.6. The number of rotatable bonds is 9. The number of hydrogen-bond donors (Lipinski definition) is 1. The molecule has 0 saturated heterocycles. The fourth-order valence-electron chi connectivity index (χ4n) is 1.35. The van der Waals surface area contributed by atoms with Crippen LogP contribution in [-0.4, -0.2) is 23.1 Å². The third-order valence-corrected chi connectivity index (χ3v) is 2.27. The number of carbonyl (C=O) groups excluding carboxylic acids is 1. The van der Waals surface area contributed by atoms with Crippen LogP contribution < -0.4 is 0 Å². The van der Waals surface area contributed by atoms with Gasteiger partial charge >= 0.3 is 11.9 Å². The summed E-state index contributed by atoms with van der Waals surface area (Å²) in [6.07, 6.45) is 5.46. The number of esters is 1. The number of carboxylic acid groups (broad SMARTS) is 1. The Morgan fingerprint density at radius 1 is 1.31 bits per heavy atom. The van der Waals surface area contributed by atoms with Crippen molar-refractivity contribution >= 4 is 11.9 Å². The number of carboxylic acids is 1. The van der Waals surface area contributed by atoms with Gasteiger partial charge in [0.15, 0.2) is 6.10 Å². The van der Waals surface area contributed by atoms with Crippen molar-refractivity contribution < 1.29 is 19.4 Å². The molecule has 0 bridgehead atoms. The van der Waals surface area contributed by atoms with Crippen LogP contribution in [0.1, 0.15) is 45.4 Å². The van der Waals surface area contributed by atoms with E-state index in [2.05, 4.69) is 13.5 Å². The van der Waals surface area contributed by atoms with E-state index in [1.807, 2.05) is 0 Å². The Morgan fingerprint density at radius 2 is 1.94 bits per heavy atom. The molecule has 0 aromatic rings. The molecule has 4 heteroatoms. The maximum Gasteiger partial charge on any atom is 0.345 e. The molecule has 0 fully saturated rings. The maximum atomic E-state index is 10.9. The standard InChI is InChI=1S/C12H20O4/c1-3-5-6-7-8-9-10(12(14)15)16-11(13)4-2/h4,10H,2-3,5-9H2,1H3,(H,14,15). The third-order valence-electron chi connectivity index (χ3n) is 2.27. The zero-order valence-electron chi connectivity index (χ0n) is 9.78. The predicted molar refractivity (Wildman–Crippen MR) is 61.1 cm³/mol. The van der Waals surface area contributed by atoms with E-state index >= 15 is 0 Å². The minimum atomic E-state index is -1.09. The van der Waals surface area contributed by atoms with E-state index in [0.717, 1.165) is 38.2 Å². The Balaban J connectivity index is 3.81. The fraction of sp³-hybridized carbons (Fsp3) is 0.667. The largest absolute Gasteiger partial charge is 0.479 e. The lowest BCUT2D eigenvalue weighted by molar-refractivity contribution is -0.161. The van der Waals surface area contributed by atoms with Gasteiger partial charge in [0.2, 0.25) is 0 Å². The first-order chi connectivity index (χ1) is 7.61. The number of ether oxygens (including phenoxy) is 1. The Kier molecular flexibility index (Phi) is 8.21. The molecule has 0 amide bonds. The van der Waals surface area contributed by atoms with E-state index in [4.69, 9.17) is 9.84 Å². The van der Waals surface area contributed by atoms with E-state index in [1.54, 1.807) is 0 Å². The molecule has 0 aliphatic rings. The zero-order chi connectivity index (χ0) is 12.4. The molecule has 4 nitrogen and oxygen atoms in total. The van der Waals surface area contributed by atoms with Crippen LogP contribution in [0.4, 0.5) is 0 Å². The molecule has 1 atom stereocenters. The van der Waals surface area contributed by atoms with Crippen LogP contribution in [0.5, 0.6) is 0 Å². The highest BCUT2D eigenvalue weighted by Crippen LogP contribution is 2.10. The lowest BCUT2D eigenvalue weighted by Gasteiger charge is -2.11. The number of carbonyl (C=O) groups is 2. The van der Waals surface area contributed by atoms with Crippen molar-refractivity contribution in [2.45, 2.75) is 51.6 Å². The van der Waals surface area contributed by atoms with E-state index in [0.29, 0.717) is 6.42 Å². The van der Waals surface area contributed by atoms with Gasteiger partial charge < -0.3 is 9.84 Å². The second-order valence-electron chi connectivity index (χ2n) is 3.67. The summed E-state index contributed by atoms with van der Waals surface area (Å²) >= 11 is 0.